The van der Waals surface area contributed by atoms with Crippen LogP contribution in [-0.4, -0.2) is 16.0 Å². The van der Waals surface area contributed by atoms with Crippen molar-refractivity contribution in [1.82, 2.24) is 4.98 Å². The minimum Gasteiger partial charge on any atom is -0.508 e. The molecule has 0 fully saturated rings. The number of aromatic nitrogens is 1. The number of aromatic hydroxyl groups is 1. The molecule has 1 aromatic heterocycles. The minimum absolute atomic E-state index is 0.150. The summed E-state index contributed by atoms with van der Waals surface area (Å²) in [4.78, 5) is 14.6. The van der Waals surface area contributed by atoms with E-state index in [1.165, 1.54) is 12.1 Å². The summed E-state index contributed by atoms with van der Waals surface area (Å²) in [6.07, 6.45) is 0. The van der Waals surface area contributed by atoms with E-state index in [2.05, 4.69) is 10.3 Å². The second kappa shape index (κ2) is 4.92. The lowest BCUT2D eigenvalue weighted by Gasteiger charge is -2.07. The number of aromatic amines is 1. The van der Waals surface area contributed by atoms with Crippen molar-refractivity contribution in [2.75, 3.05) is 5.32 Å². The van der Waals surface area contributed by atoms with Crippen molar-refractivity contribution >= 4 is 34.8 Å². The summed E-state index contributed by atoms with van der Waals surface area (Å²) < 4.78 is 0. The Balaban J connectivity index is 2.21. The maximum Gasteiger partial charge on any atom is 0.272 e. The van der Waals surface area contributed by atoms with Crippen LogP contribution in [0.5, 0.6) is 5.75 Å². The standard InChI is InChI=1S/C12H10Cl2N2O2/c1-6-4-7(17)2-3-9(6)16-12(18)10-5-8(13)11(14)15-10/h2-5,15,17H,1H3,(H,16,18). The molecule has 0 aliphatic heterocycles. The highest BCUT2D eigenvalue weighted by atomic mass is 35.5. The molecule has 0 saturated heterocycles. The molecule has 4 nitrogen and oxygen atoms in total. The van der Waals surface area contributed by atoms with Gasteiger partial charge in [0.05, 0.1) is 5.02 Å². The van der Waals surface area contributed by atoms with Crippen LogP contribution in [0.15, 0.2) is 24.3 Å². The van der Waals surface area contributed by atoms with Gasteiger partial charge in [0.2, 0.25) is 0 Å². The van der Waals surface area contributed by atoms with Gasteiger partial charge < -0.3 is 15.4 Å². The van der Waals surface area contributed by atoms with Crippen molar-refractivity contribution in [1.29, 1.82) is 0 Å². The summed E-state index contributed by atoms with van der Waals surface area (Å²) in [5.74, 6) is -0.200. The number of hydrogen-bond donors (Lipinski definition) is 3. The van der Waals surface area contributed by atoms with Crippen LogP contribution < -0.4 is 5.32 Å². The molecule has 0 aliphatic carbocycles. The highest BCUT2D eigenvalue weighted by molar-refractivity contribution is 6.41. The van der Waals surface area contributed by atoms with E-state index in [1.807, 2.05) is 0 Å². The summed E-state index contributed by atoms with van der Waals surface area (Å²) in [6.45, 7) is 1.78. The van der Waals surface area contributed by atoms with E-state index >= 15 is 0 Å². The van der Waals surface area contributed by atoms with Gasteiger partial charge in [-0.1, -0.05) is 23.2 Å². The van der Waals surface area contributed by atoms with Gasteiger partial charge in [-0.05, 0) is 36.8 Å². The Hall–Kier alpha value is -1.65. The van der Waals surface area contributed by atoms with Crippen molar-refractivity contribution in [2.45, 2.75) is 6.92 Å². The number of carbonyl (C=O) groups excluding carboxylic acids is 1. The van der Waals surface area contributed by atoms with Gasteiger partial charge in [0.25, 0.3) is 5.91 Å². The largest absolute Gasteiger partial charge is 0.508 e. The zero-order valence-corrected chi connectivity index (χ0v) is 10.9. The molecule has 3 N–H and O–H groups in total. The molecule has 2 aromatic rings. The van der Waals surface area contributed by atoms with Crippen LogP contribution in [0.2, 0.25) is 10.2 Å². The van der Waals surface area contributed by atoms with E-state index in [4.69, 9.17) is 23.2 Å². The Bertz CT molecular complexity index is 589. The number of halogens is 2. The van der Waals surface area contributed by atoms with Crippen molar-refractivity contribution < 1.29 is 9.90 Å². The number of amides is 1. The fourth-order valence-corrected chi connectivity index (χ4v) is 1.82. The number of carbonyl (C=O) groups is 1. The van der Waals surface area contributed by atoms with E-state index in [0.717, 1.165) is 5.56 Å². The second-order valence-corrected chi connectivity index (χ2v) is 4.58. The highest BCUT2D eigenvalue weighted by Crippen LogP contribution is 2.24. The number of rotatable bonds is 2. The highest BCUT2D eigenvalue weighted by Gasteiger charge is 2.12. The van der Waals surface area contributed by atoms with Gasteiger partial charge in [0.1, 0.15) is 16.6 Å². The first-order valence-electron chi connectivity index (χ1n) is 5.12. The van der Waals surface area contributed by atoms with E-state index in [-0.39, 0.29) is 22.5 Å². The zero-order valence-electron chi connectivity index (χ0n) is 9.42. The number of benzene rings is 1. The molecule has 1 aromatic carbocycles. The fraction of sp³-hybridized carbons (Fsp3) is 0.0833. The molecule has 1 amide bonds. The first kappa shape index (κ1) is 12.8. The maximum absolute atomic E-state index is 11.9. The summed E-state index contributed by atoms with van der Waals surface area (Å²) in [5, 5.41) is 12.5. The van der Waals surface area contributed by atoms with Crippen LogP contribution in [0.4, 0.5) is 5.69 Å². The van der Waals surface area contributed by atoms with Crippen LogP contribution >= 0.6 is 23.2 Å². The zero-order chi connectivity index (χ0) is 13.3. The molecule has 6 heteroatoms. The van der Waals surface area contributed by atoms with Crippen molar-refractivity contribution in [3.8, 4) is 5.75 Å². The van der Waals surface area contributed by atoms with Gasteiger partial charge in [0, 0.05) is 5.69 Å². The predicted octanol–water partition coefficient (Wildman–Crippen LogP) is 3.59. The number of phenolic OH excluding ortho intramolecular Hbond substituents is 1. The Morgan fingerprint density at radius 3 is 2.61 bits per heavy atom. The summed E-state index contributed by atoms with van der Waals surface area (Å²) >= 11 is 11.5. The lowest BCUT2D eigenvalue weighted by atomic mass is 10.2. The van der Waals surface area contributed by atoms with Gasteiger partial charge in [-0.3, -0.25) is 4.79 Å². The topological polar surface area (TPSA) is 65.1 Å². The molecule has 0 bridgehead atoms. The average Bonchev–Trinajstić information content (AvgIpc) is 2.63. The summed E-state index contributed by atoms with van der Waals surface area (Å²) in [7, 11) is 0. The number of aryl methyl sites for hydroxylation is 1. The first-order valence-corrected chi connectivity index (χ1v) is 5.88. The fourth-order valence-electron chi connectivity index (χ4n) is 1.50. The molecule has 2 rings (SSSR count). The third-order valence-corrected chi connectivity index (χ3v) is 3.12. The molecular formula is C12H10Cl2N2O2. The number of anilines is 1. The second-order valence-electron chi connectivity index (χ2n) is 3.80. The third kappa shape index (κ3) is 2.60. The summed E-state index contributed by atoms with van der Waals surface area (Å²) in [6, 6.07) is 6.13. The molecule has 18 heavy (non-hydrogen) atoms. The SMILES string of the molecule is Cc1cc(O)ccc1NC(=O)c1cc(Cl)c(Cl)[nH]1. The van der Waals surface area contributed by atoms with Crippen molar-refractivity contribution in [3.05, 3.63) is 45.7 Å². The minimum atomic E-state index is -0.349. The van der Waals surface area contributed by atoms with Crippen LogP contribution in [0.25, 0.3) is 0 Å². The molecule has 1 heterocycles. The predicted molar refractivity (Wildman–Crippen MR) is 71.6 cm³/mol. The number of nitrogens with one attached hydrogen (secondary N) is 2. The summed E-state index contributed by atoms with van der Waals surface area (Å²) in [5.41, 5.74) is 1.64. The van der Waals surface area contributed by atoms with Crippen LogP contribution in [0, 0.1) is 6.92 Å². The number of H-pyrrole nitrogens is 1. The Morgan fingerprint density at radius 1 is 1.33 bits per heavy atom. The molecular weight excluding hydrogens is 275 g/mol. The van der Waals surface area contributed by atoms with E-state index in [0.29, 0.717) is 10.7 Å². The van der Waals surface area contributed by atoms with E-state index in [9.17, 15) is 9.90 Å². The normalized spacial score (nSPS) is 10.4. The smallest absolute Gasteiger partial charge is 0.272 e. The lowest BCUT2D eigenvalue weighted by Crippen LogP contribution is -2.13. The number of hydrogen-bond acceptors (Lipinski definition) is 2. The van der Waals surface area contributed by atoms with E-state index < -0.39 is 0 Å². The van der Waals surface area contributed by atoms with Gasteiger partial charge in [-0.25, -0.2) is 0 Å². The molecule has 0 unspecified atom stereocenters. The third-order valence-electron chi connectivity index (χ3n) is 2.43. The average molecular weight is 285 g/mol. The van der Waals surface area contributed by atoms with Gasteiger partial charge >= 0.3 is 0 Å². The lowest BCUT2D eigenvalue weighted by molar-refractivity contribution is 0.102. The van der Waals surface area contributed by atoms with Crippen molar-refractivity contribution in [3.63, 3.8) is 0 Å². The van der Waals surface area contributed by atoms with Crippen LogP contribution in [0.1, 0.15) is 16.1 Å². The molecule has 0 atom stereocenters. The molecule has 0 spiro atoms. The number of phenols is 1. The Labute approximate surface area is 114 Å². The Kier molecular flexibility index (Phi) is 3.50. The Morgan fingerprint density at radius 2 is 2.06 bits per heavy atom. The van der Waals surface area contributed by atoms with Gasteiger partial charge in [0.15, 0.2) is 0 Å². The molecule has 0 saturated carbocycles. The van der Waals surface area contributed by atoms with E-state index in [1.54, 1.807) is 19.1 Å². The monoisotopic (exact) mass is 284 g/mol. The molecule has 94 valence electrons. The molecule has 0 radical (unpaired) electrons. The van der Waals surface area contributed by atoms with Crippen LogP contribution in [0.3, 0.4) is 0 Å². The maximum atomic E-state index is 11.9. The molecule has 0 aliphatic rings. The van der Waals surface area contributed by atoms with Gasteiger partial charge in [-0.2, -0.15) is 0 Å². The first-order chi connectivity index (χ1) is 8.47. The quantitative estimate of drug-likeness (QED) is 0.738. The van der Waals surface area contributed by atoms with Crippen LogP contribution in [-0.2, 0) is 0 Å². The van der Waals surface area contributed by atoms with Crippen molar-refractivity contribution in [2.24, 2.45) is 0 Å². The van der Waals surface area contributed by atoms with Gasteiger partial charge in [-0.15, -0.1) is 0 Å².